The average molecular weight is 434 g/mol. The average Bonchev–Trinajstić information content (AvgIpc) is 3.59. The maximum absolute atomic E-state index is 12.9. The highest BCUT2D eigenvalue weighted by atomic mass is 16.5. The van der Waals surface area contributed by atoms with E-state index in [4.69, 9.17) is 14.2 Å². The standard InChI is InChI=1S/C25H39NO5/c1-4-6-7-8-9-18-31-22-14-12-20(13-15-22)16-17-25(19-21-10-11-21,23(27)30-5-2)26-24(28)29-3/h12-15,21H,4-11,16-19H2,1-3H3,(H,26,28). The number of unbranched alkanes of at least 4 members (excludes halogenated alkanes) is 4. The molecule has 0 heterocycles. The Balaban J connectivity index is 1.94. The molecule has 0 aromatic heterocycles. The number of methoxy groups -OCH3 is 1. The van der Waals surface area contributed by atoms with Crippen LogP contribution < -0.4 is 10.1 Å². The maximum Gasteiger partial charge on any atom is 0.407 e. The molecule has 1 amide bonds. The predicted octanol–water partition coefficient (Wildman–Crippen LogP) is 5.43. The highest BCUT2D eigenvalue weighted by Gasteiger charge is 2.45. The minimum absolute atomic E-state index is 0.276. The Bertz CT molecular complexity index is 671. The number of carbonyl (C=O) groups excluding carboxylic acids is 2. The number of carbonyl (C=O) groups is 2. The lowest BCUT2D eigenvalue weighted by Crippen LogP contribution is -2.56. The highest BCUT2D eigenvalue weighted by Crippen LogP contribution is 2.39. The van der Waals surface area contributed by atoms with E-state index in [0.29, 0.717) is 25.2 Å². The molecule has 2 rings (SSSR count). The molecular formula is C25H39NO5. The van der Waals surface area contributed by atoms with Crippen LogP contribution in [0, 0.1) is 5.92 Å². The summed E-state index contributed by atoms with van der Waals surface area (Å²) in [7, 11) is 1.31. The Morgan fingerprint density at radius 1 is 1.06 bits per heavy atom. The van der Waals surface area contributed by atoms with Crippen molar-refractivity contribution in [3.8, 4) is 5.75 Å². The molecular weight excluding hydrogens is 394 g/mol. The molecule has 174 valence electrons. The third kappa shape index (κ3) is 8.80. The molecule has 1 aromatic carbocycles. The summed E-state index contributed by atoms with van der Waals surface area (Å²) < 4.78 is 16.0. The molecule has 0 bridgehead atoms. The van der Waals surface area contributed by atoms with Crippen molar-refractivity contribution in [3.05, 3.63) is 29.8 Å². The Labute approximate surface area is 187 Å². The summed E-state index contributed by atoms with van der Waals surface area (Å²) in [6, 6.07) is 8.00. The van der Waals surface area contributed by atoms with Gasteiger partial charge in [0, 0.05) is 0 Å². The molecule has 1 N–H and O–H groups in total. The topological polar surface area (TPSA) is 73.9 Å². The molecule has 6 heteroatoms. The summed E-state index contributed by atoms with van der Waals surface area (Å²) in [6.07, 6.45) is 9.33. The Kier molecular flexibility index (Phi) is 10.7. The summed E-state index contributed by atoms with van der Waals surface area (Å²) in [6.45, 7) is 5.00. The van der Waals surface area contributed by atoms with Crippen molar-refractivity contribution in [2.75, 3.05) is 20.3 Å². The van der Waals surface area contributed by atoms with Crippen molar-refractivity contribution in [2.24, 2.45) is 5.92 Å². The lowest BCUT2D eigenvalue weighted by atomic mass is 9.86. The first-order chi connectivity index (χ1) is 15.0. The molecule has 1 fully saturated rings. The van der Waals surface area contributed by atoms with Crippen LogP contribution in [0.15, 0.2) is 24.3 Å². The molecule has 1 aliphatic rings. The van der Waals surface area contributed by atoms with E-state index < -0.39 is 11.6 Å². The summed E-state index contributed by atoms with van der Waals surface area (Å²) in [5.41, 5.74) is 0.0317. The van der Waals surface area contributed by atoms with E-state index in [1.807, 2.05) is 24.3 Å². The smallest absolute Gasteiger partial charge is 0.407 e. The molecule has 1 aromatic rings. The summed E-state index contributed by atoms with van der Waals surface area (Å²) in [5, 5.41) is 2.81. The normalized spacial score (nSPS) is 15.1. The van der Waals surface area contributed by atoms with Crippen molar-refractivity contribution >= 4 is 12.1 Å². The third-order valence-electron chi connectivity index (χ3n) is 5.81. The van der Waals surface area contributed by atoms with Crippen LogP contribution in [0.2, 0.25) is 0 Å². The van der Waals surface area contributed by atoms with E-state index in [1.54, 1.807) is 6.92 Å². The van der Waals surface area contributed by atoms with Gasteiger partial charge in [-0.3, -0.25) is 0 Å². The zero-order chi connectivity index (χ0) is 22.5. The summed E-state index contributed by atoms with van der Waals surface area (Å²) in [5.74, 6) is 0.923. The number of hydrogen-bond donors (Lipinski definition) is 1. The monoisotopic (exact) mass is 433 g/mol. The first-order valence-electron chi connectivity index (χ1n) is 11.8. The van der Waals surface area contributed by atoms with E-state index in [1.165, 1.54) is 32.8 Å². The van der Waals surface area contributed by atoms with Crippen LogP contribution in [0.4, 0.5) is 4.79 Å². The molecule has 0 aliphatic heterocycles. The van der Waals surface area contributed by atoms with Gasteiger partial charge < -0.3 is 19.5 Å². The van der Waals surface area contributed by atoms with Crippen LogP contribution in [0.25, 0.3) is 0 Å². The zero-order valence-electron chi connectivity index (χ0n) is 19.4. The van der Waals surface area contributed by atoms with Gasteiger partial charge in [-0.25, -0.2) is 9.59 Å². The SMILES string of the molecule is CCCCCCCOc1ccc(CCC(CC2CC2)(NC(=O)OC)C(=O)OCC)cc1. The second-order valence-electron chi connectivity index (χ2n) is 8.47. The van der Waals surface area contributed by atoms with Crippen molar-refractivity contribution in [2.45, 2.75) is 83.6 Å². The van der Waals surface area contributed by atoms with Crippen LogP contribution in [0.1, 0.15) is 77.2 Å². The third-order valence-corrected chi connectivity index (χ3v) is 5.81. The number of rotatable bonds is 15. The van der Waals surface area contributed by atoms with Crippen molar-refractivity contribution in [3.63, 3.8) is 0 Å². The van der Waals surface area contributed by atoms with Gasteiger partial charge in [0.15, 0.2) is 0 Å². The second kappa shape index (κ2) is 13.2. The van der Waals surface area contributed by atoms with Gasteiger partial charge in [-0.05, 0) is 56.2 Å². The first kappa shape index (κ1) is 25.0. The lowest BCUT2D eigenvalue weighted by molar-refractivity contribution is -0.152. The van der Waals surface area contributed by atoms with Crippen LogP contribution >= 0.6 is 0 Å². The Morgan fingerprint density at radius 2 is 1.77 bits per heavy atom. The number of amides is 1. The molecule has 1 aliphatic carbocycles. The number of nitrogens with one attached hydrogen (secondary N) is 1. The molecule has 6 nitrogen and oxygen atoms in total. The first-order valence-corrected chi connectivity index (χ1v) is 11.8. The van der Waals surface area contributed by atoms with Gasteiger partial charge in [0.05, 0.1) is 20.3 Å². The van der Waals surface area contributed by atoms with E-state index in [9.17, 15) is 9.59 Å². The number of hydrogen-bond acceptors (Lipinski definition) is 5. The van der Waals surface area contributed by atoms with Crippen LogP contribution in [-0.4, -0.2) is 37.9 Å². The van der Waals surface area contributed by atoms with Gasteiger partial charge >= 0.3 is 12.1 Å². The van der Waals surface area contributed by atoms with Gasteiger partial charge in [-0.1, -0.05) is 57.6 Å². The maximum atomic E-state index is 12.9. The fourth-order valence-corrected chi connectivity index (χ4v) is 3.79. The van der Waals surface area contributed by atoms with E-state index >= 15 is 0 Å². The van der Waals surface area contributed by atoms with E-state index in [2.05, 4.69) is 12.2 Å². The summed E-state index contributed by atoms with van der Waals surface area (Å²) >= 11 is 0. The van der Waals surface area contributed by atoms with E-state index in [-0.39, 0.29) is 12.6 Å². The molecule has 1 atom stereocenters. The lowest BCUT2D eigenvalue weighted by Gasteiger charge is -2.32. The molecule has 0 radical (unpaired) electrons. The largest absolute Gasteiger partial charge is 0.494 e. The van der Waals surface area contributed by atoms with Crippen LogP contribution in [0.3, 0.4) is 0 Å². The van der Waals surface area contributed by atoms with Gasteiger partial charge in [-0.15, -0.1) is 0 Å². The molecule has 1 saturated carbocycles. The zero-order valence-corrected chi connectivity index (χ0v) is 19.4. The number of alkyl carbamates (subject to hydrolysis) is 1. The van der Waals surface area contributed by atoms with E-state index in [0.717, 1.165) is 37.2 Å². The molecule has 0 saturated heterocycles. The fraction of sp³-hybridized carbons (Fsp3) is 0.680. The van der Waals surface area contributed by atoms with Crippen molar-refractivity contribution < 1.29 is 23.8 Å². The number of aryl methyl sites for hydroxylation is 1. The Morgan fingerprint density at radius 3 is 2.39 bits per heavy atom. The summed E-state index contributed by atoms with van der Waals surface area (Å²) in [4.78, 5) is 24.9. The second-order valence-corrected chi connectivity index (χ2v) is 8.47. The quantitative estimate of drug-likeness (QED) is 0.295. The molecule has 0 spiro atoms. The predicted molar refractivity (Wildman–Crippen MR) is 121 cm³/mol. The highest BCUT2D eigenvalue weighted by molar-refractivity contribution is 5.86. The number of esters is 1. The van der Waals surface area contributed by atoms with Gasteiger partial charge in [0.25, 0.3) is 0 Å². The molecule has 31 heavy (non-hydrogen) atoms. The van der Waals surface area contributed by atoms with Crippen molar-refractivity contribution in [1.82, 2.24) is 5.32 Å². The van der Waals surface area contributed by atoms with Gasteiger partial charge in [0.1, 0.15) is 11.3 Å². The fourth-order valence-electron chi connectivity index (χ4n) is 3.79. The van der Waals surface area contributed by atoms with Crippen molar-refractivity contribution in [1.29, 1.82) is 0 Å². The number of benzene rings is 1. The van der Waals surface area contributed by atoms with Gasteiger partial charge in [0.2, 0.25) is 0 Å². The van der Waals surface area contributed by atoms with Crippen LogP contribution in [0.5, 0.6) is 5.75 Å². The minimum atomic E-state index is -1.06. The molecule has 1 unspecified atom stereocenters. The number of ether oxygens (including phenoxy) is 3. The van der Waals surface area contributed by atoms with Gasteiger partial charge in [-0.2, -0.15) is 0 Å². The minimum Gasteiger partial charge on any atom is -0.494 e. The Hall–Kier alpha value is -2.24. The van der Waals surface area contributed by atoms with Crippen LogP contribution in [-0.2, 0) is 20.7 Å².